The Bertz CT molecular complexity index is 451. The lowest BCUT2D eigenvalue weighted by molar-refractivity contribution is -0.272. The van der Waals surface area contributed by atoms with E-state index in [0.717, 1.165) is 10.7 Å². The molecule has 1 aliphatic rings. The first-order valence-electron chi connectivity index (χ1n) is 6.67. The zero-order valence-electron chi connectivity index (χ0n) is 11.6. The fraction of sp³-hybridized carbons (Fsp3) is 0.769. The highest BCUT2D eigenvalue weighted by Crippen LogP contribution is 2.38. The minimum absolute atomic E-state index is 0.241. The molecule has 1 aliphatic heterocycles. The van der Waals surface area contributed by atoms with Crippen LogP contribution in [0.1, 0.15) is 43.3 Å². The molecule has 0 aliphatic carbocycles. The Labute approximate surface area is 120 Å². The topological polar surface area (TPSA) is 36.4 Å². The van der Waals surface area contributed by atoms with Crippen molar-refractivity contribution in [3.05, 3.63) is 16.1 Å². The van der Waals surface area contributed by atoms with Crippen LogP contribution in [0.2, 0.25) is 0 Å². The van der Waals surface area contributed by atoms with Gasteiger partial charge in [-0.15, -0.1) is 11.3 Å². The number of thiazole rings is 1. The summed E-state index contributed by atoms with van der Waals surface area (Å²) in [4.78, 5) is 6.40. The Morgan fingerprint density at radius 1 is 1.40 bits per heavy atom. The molecular formula is C13H19F3N2OS. The fourth-order valence-electron chi connectivity index (χ4n) is 2.25. The van der Waals surface area contributed by atoms with Gasteiger partial charge in [0.25, 0.3) is 0 Å². The number of hydrogen-bond donors (Lipinski definition) is 1. The van der Waals surface area contributed by atoms with Gasteiger partial charge in [0.1, 0.15) is 0 Å². The van der Waals surface area contributed by atoms with E-state index >= 15 is 0 Å². The summed E-state index contributed by atoms with van der Waals surface area (Å²) in [6.07, 6.45) is -5.07. The number of piperidine rings is 1. The lowest BCUT2D eigenvalue weighted by Gasteiger charge is -2.38. The summed E-state index contributed by atoms with van der Waals surface area (Å²) in [7, 11) is 0. The van der Waals surface area contributed by atoms with E-state index in [2.05, 4.69) is 18.8 Å². The van der Waals surface area contributed by atoms with Gasteiger partial charge in [0, 0.05) is 30.9 Å². The Balaban J connectivity index is 1.91. The van der Waals surface area contributed by atoms with E-state index in [-0.39, 0.29) is 25.9 Å². The van der Waals surface area contributed by atoms with Crippen molar-refractivity contribution in [3.8, 4) is 0 Å². The first kappa shape index (κ1) is 15.7. The highest BCUT2D eigenvalue weighted by atomic mass is 32.1. The predicted molar refractivity (Wildman–Crippen MR) is 71.7 cm³/mol. The molecule has 2 heterocycles. The summed E-state index contributed by atoms with van der Waals surface area (Å²) in [5, 5.41) is 12.6. The molecule has 0 spiro atoms. The van der Waals surface area contributed by atoms with Gasteiger partial charge in [-0.1, -0.05) is 13.8 Å². The molecule has 0 amide bonds. The molecule has 0 atom stereocenters. The monoisotopic (exact) mass is 308 g/mol. The number of hydrogen-bond acceptors (Lipinski definition) is 4. The molecule has 0 aromatic carbocycles. The summed E-state index contributed by atoms with van der Waals surface area (Å²) in [5.41, 5.74) is -1.62. The van der Waals surface area contributed by atoms with Gasteiger partial charge in [-0.05, 0) is 12.8 Å². The molecule has 1 fully saturated rings. The van der Waals surface area contributed by atoms with Gasteiger partial charge in [-0.2, -0.15) is 13.2 Å². The van der Waals surface area contributed by atoms with Crippen LogP contribution in [0.3, 0.4) is 0 Å². The van der Waals surface area contributed by atoms with Crippen molar-refractivity contribution in [1.82, 2.24) is 9.88 Å². The number of halogens is 3. The van der Waals surface area contributed by atoms with Crippen molar-refractivity contribution in [1.29, 1.82) is 0 Å². The van der Waals surface area contributed by atoms with Crippen LogP contribution in [-0.4, -0.2) is 39.9 Å². The summed E-state index contributed by atoms with van der Waals surface area (Å²) >= 11 is 1.58. The number of rotatable bonds is 3. The average molecular weight is 308 g/mol. The molecule has 1 N–H and O–H groups in total. The molecule has 1 saturated heterocycles. The third-order valence-corrected chi connectivity index (χ3v) is 4.85. The number of aromatic nitrogens is 1. The minimum Gasteiger partial charge on any atom is -0.380 e. The normalized spacial score (nSPS) is 20.6. The maximum Gasteiger partial charge on any atom is 0.417 e. The molecule has 1 aromatic rings. The number of aliphatic hydroxyl groups is 1. The van der Waals surface area contributed by atoms with Gasteiger partial charge in [0.15, 0.2) is 5.60 Å². The molecule has 114 valence electrons. The second kappa shape index (κ2) is 5.61. The Morgan fingerprint density at radius 2 is 2.00 bits per heavy atom. The van der Waals surface area contributed by atoms with E-state index in [9.17, 15) is 18.3 Å². The molecular weight excluding hydrogens is 289 g/mol. The Hall–Kier alpha value is -0.660. The standard InChI is InChI=1S/C13H19F3N2OS/c1-9(2)11-17-10(8-20-11)7-18-5-3-12(19,4-6-18)13(14,15)16/h8-9,19H,3-7H2,1-2H3. The molecule has 7 heteroatoms. The fourth-order valence-corrected chi connectivity index (χ4v) is 3.08. The number of likely N-dealkylation sites (tertiary alicyclic amines) is 1. The predicted octanol–water partition coefficient (Wildman–Crippen LogP) is 3.16. The summed E-state index contributed by atoms with van der Waals surface area (Å²) in [6.45, 7) is 5.16. The van der Waals surface area contributed by atoms with E-state index < -0.39 is 11.8 Å². The molecule has 0 radical (unpaired) electrons. The number of nitrogens with zero attached hydrogens (tertiary/aromatic N) is 2. The van der Waals surface area contributed by atoms with Crippen molar-refractivity contribution in [3.63, 3.8) is 0 Å². The smallest absolute Gasteiger partial charge is 0.380 e. The van der Waals surface area contributed by atoms with E-state index in [1.54, 1.807) is 11.3 Å². The highest BCUT2D eigenvalue weighted by molar-refractivity contribution is 7.09. The van der Waals surface area contributed by atoms with Crippen LogP contribution in [0, 0.1) is 0 Å². The van der Waals surface area contributed by atoms with Gasteiger partial charge >= 0.3 is 6.18 Å². The molecule has 0 bridgehead atoms. The van der Waals surface area contributed by atoms with Gasteiger partial charge in [0.2, 0.25) is 0 Å². The maximum absolute atomic E-state index is 12.7. The largest absolute Gasteiger partial charge is 0.417 e. The molecule has 0 unspecified atom stereocenters. The Kier molecular flexibility index (Phi) is 4.41. The van der Waals surface area contributed by atoms with Crippen molar-refractivity contribution >= 4 is 11.3 Å². The first-order chi connectivity index (χ1) is 9.21. The van der Waals surface area contributed by atoms with Crippen LogP contribution < -0.4 is 0 Å². The summed E-state index contributed by atoms with van der Waals surface area (Å²) in [6, 6.07) is 0. The van der Waals surface area contributed by atoms with Crippen LogP contribution in [0.25, 0.3) is 0 Å². The van der Waals surface area contributed by atoms with Gasteiger partial charge in [-0.25, -0.2) is 4.98 Å². The highest BCUT2D eigenvalue weighted by Gasteiger charge is 2.54. The van der Waals surface area contributed by atoms with E-state index in [4.69, 9.17) is 0 Å². The van der Waals surface area contributed by atoms with Crippen molar-refractivity contribution < 1.29 is 18.3 Å². The zero-order chi connectivity index (χ0) is 15.0. The third kappa shape index (κ3) is 3.32. The maximum atomic E-state index is 12.7. The average Bonchev–Trinajstić information content (AvgIpc) is 2.79. The third-order valence-electron chi connectivity index (χ3n) is 3.66. The van der Waals surface area contributed by atoms with Gasteiger partial charge in [0.05, 0.1) is 10.7 Å². The minimum atomic E-state index is -4.54. The van der Waals surface area contributed by atoms with Crippen LogP contribution in [0.5, 0.6) is 0 Å². The second-order valence-corrected chi connectivity index (χ2v) is 6.53. The van der Waals surface area contributed by atoms with E-state index in [1.165, 1.54) is 0 Å². The SMILES string of the molecule is CC(C)c1nc(CN2CCC(O)(C(F)(F)F)CC2)cs1. The molecule has 2 rings (SSSR count). The van der Waals surface area contributed by atoms with Gasteiger partial charge in [-0.3, -0.25) is 4.90 Å². The quantitative estimate of drug-likeness (QED) is 0.932. The summed E-state index contributed by atoms with van der Waals surface area (Å²) in [5.74, 6) is 0.366. The van der Waals surface area contributed by atoms with Crippen LogP contribution in [-0.2, 0) is 6.54 Å². The number of alkyl halides is 3. The van der Waals surface area contributed by atoms with Crippen LogP contribution in [0.4, 0.5) is 13.2 Å². The second-order valence-electron chi connectivity index (χ2n) is 5.64. The lowest BCUT2D eigenvalue weighted by Crippen LogP contribution is -2.53. The molecule has 0 saturated carbocycles. The summed E-state index contributed by atoms with van der Waals surface area (Å²) < 4.78 is 38.1. The molecule has 1 aromatic heterocycles. The van der Waals surface area contributed by atoms with E-state index in [0.29, 0.717) is 12.5 Å². The van der Waals surface area contributed by atoms with Gasteiger partial charge < -0.3 is 5.11 Å². The molecule has 3 nitrogen and oxygen atoms in total. The van der Waals surface area contributed by atoms with Crippen molar-refractivity contribution in [2.45, 2.75) is 50.9 Å². The zero-order valence-corrected chi connectivity index (χ0v) is 12.4. The first-order valence-corrected chi connectivity index (χ1v) is 7.55. The van der Waals surface area contributed by atoms with Crippen molar-refractivity contribution in [2.75, 3.05) is 13.1 Å². The Morgan fingerprint density at radius 3 is 2.45 bits per heavy atom. The van der Waals surface area contributed by atoms with E-state index in [1.807, 2.05) is 10.3 Å². The van der Waals surface area contributed by atoms with Crippen molar-refractivity contribution in [2.24, 2.45) is 0 Å². The molecule has 20 heavy (non-hydrogen) atoms. The van der Waals surface area contributed by atoms with Crippen LogP contribution in [0.15, 0.2) is 5.38 Å². The lowest BCUT2D eigenvalue weighted by atomic mass is 9.91. The van der Waals surface area contributed by atoms with Crippen LogP contribution >= 0.6 is 11.3 Å².